The quantitative estimate of drug-likeness (QED) is 0.667. The SMILES string of the molecule is C[C@@H](NC(=O)CSc1nc(N)nc(N)n1)c1ccc2c(c1)OCO2. The number of aromatic nitrogens is 3. The largest absolute Gasteiger partial charge is 0.454 e. The van der Waals surface area contributed by atoms with Crippen molar-refractivity contribution in [3.05, 3.63) is 23.8 Å². The van der Waals surface area contributed by atoms with Crippen molar-refractivity contribution in [3.8, 4) is 11.5 Å². The van der Waals surface area contributed by atoms with Crippen molar-refractivity contribution < 1.29 is 14.3 Å². The Hall–Kier alpha value is -2.75. The first-order valence-corrected chi connectivity index (χ1v) is 8.08. The van der Waals surface area contributed by atoms with Crippen LogP contribution in [0, 0.1) is 0 Å². The smallest absolute Gasteiger partial charge is 0.231 e. The van der Waals surface area contributed by atoms with Crippen molar-refractivity contribution in [2.75, 3.05) is 24.0 Å². The van der Waals surface area contributed by atoms with Crippen LogP contribution in [0.2, 0.25) is 0 Å². The van der Waals surface area contributed by atoms with Crippen molar-refractivity contribution in [2.45, 2.75) is 18.1 Å². The van der Waals surface area contributed by atoms with Gasteiger partial charge in [0.05, 0.1) is 11.8 Å². The molecule has 126 valence electrons. The molecule has 2 aromatic rings. The topological polar surface area (TPSA) is 138 Å². The highest BCUT2D eigenvalue weighted by Gasteiger charge is 2.17. The molecule has 9 nitrogen and oxygen atoms in total. The lowest BCUT2D eigenvalue weighted by Gasteiger charge is -2.14. The lowest BCUT2D eigenvalue weighted by molar-refractivity contribution is -0.119. The Balaban J connectivity index is 1.56. The third-order valence-corrected chi connectivity index (χ3v) is 4.10. The summed E-state index contributed by atoms with van der Waals surface area (Å²) in [7, 11) is 0. The zero-order chi connectivity index (χ0) is 17.1. The van der Waals surface area contributed by atoms with Gasteiger partial charge in [-0.05, 0) is 24.6 Å². The number of fused-ring (bicyclic) bond motifs is 1. The van der Waals surface area contributed by atoms with Gasteiger partial charge in [0.25, 0.3) is 0 Å². The van der Waals surface area contributed by atoms with E-state index in [-0.39, 0.29) is 36.4 Å². The number of benzene rings is 1. The number of carbonyl (C=O) groups is 1. The molecule has 0 spiro atoms. The van der Waals surface area contributed by atoms with Crippen LogP contribution in [0.15, 0.2) is 23.4 Å². The number of nitrogens with one attached hydrogen (secondary N) is 1. The van der Waals surface area contributed by atoms with Crippen molar-refractivity contribution in [3.63, 3.8) is 0 Å². The van der Waals surface area contributed by atoms with E-state index in [0.29, 0.717) is 16.7 Å². The molecule has 1 amide bonds. The van der Waals surface area contributed by atoms with Gasteiger partial charge in [0.15, 0.2) is 16.7 Å². The van der Waals surface area contributed by atoms with E-state index in [2.05, 4.69) is 20.3 Å². The predicted octanol–water partition coefficient (Wildman–Crippen LogP) is 0.734. The van der Waals surface area contributed by atoms with E-state index in [4.69, 9.17) is 20.9 Å². The normalized spacial score (nSPS) is 13.5. The minimum Gasteiger partial charge on any atom is -0.454 e. The van der Waals surface area contributed by atoms with Crippen LogP contribution in [0.4, 0.5) is 11.9 Å². The molecule has 24 heavy (non-hydrogen) atoms. The highest BCUT2D eigenvalue weighted by Crippen LogP contribution is 2.34. The molecular weight excluding hydrogens is 332 g/mol. The lowest BCUT2D eigenvalue weighted by Crippen LogP contribution is -2.28. The maximum atomic E-state index is 12.1. The van der Waals surface area contributed by atoms with E-state index in [9.17, 15) is 4.79 Å². The van der Waals surface area contributed by atoms with E-state index < -0.39 is 0 Å². The standard InChI is InChI=1S/C14H16N6O3S/c1-7(8-2-3-9-10(4-8)23-6-22-9)17-11(21)5-24-14-19-12(15)18-13(16)20-14/h2-4,7H,5-6H2,1H3,(H,17,21)(H4,15,16,18,19,20)/t7-/m1/s1. The lowest BCUT2D eigenvalue weighted by atomic mass is 10.1. The van der Waals surface area contributed by atoms with Crippen LogP contribution < -0.4 is 26.3 Å². The summed E-state index contributed by atoms with van der Waals surface area (Å²) < 4.78 is 10.6. The minimum absolute atomic E-state index is 0.0270. The minimum atomic E-state index is -0.180. The maximum Gasteiger partial charge on any atom is 0.231 e. The number of nitrogens with zero attached hydrogens (tertiary/aromatic N) is 3. The second-order valence-corrected chi connectivity index (χ2v) is 5.97. The first-order chi connectivity index (χ1) is 11.5. The van der Waals surface area contributed by atoms with Crippen molar-refractivity contribution in [1.82, 2.24) is 20.3 Å². The van der Waals surface area contributed by atoms with Crippen LogP contribution in [-0.2, 0) is 4.79 Å². The van der Waals surface area contributed by atoms with Gasteiger partial charge in [0, 0.05) is 0 Å². The molecule has 1 aliphatic heterocycles. The van der Waals surface area contributed by atoms with Crippen LogP contribution in [-0.4, -0.2) is 33.4 Å². The Morgan fingerprint density at radius 1 is 1.25 bits per heavy atom. The van der Waals surface area contributed by atoms with Gasteiger partial charge in [-0.2, -0.15) is 15.0 Å². The third-order valence-electron chi connectivity index (χ3n) is 3.26. The first-order valence-electron chi connectivity index (χ1n) is 7.10. The molecule has 3 rings (SSSR count). The second-order valence-electron chi connectivity index (χ2n) is 5.02. The molecule has 5 N–H and O–H groups in total. The van der Waals surface area contributed by atoms with Gasteiger partial charge in [-0.1, -0.05) is 17.8 Å². The Labute approximate surface area is 142 Å². The summed E-state index contributed by atoms with van der Waals surface area (Å²) in [5, 5.41) is 3.21. The monoisotopic (exact) mass is 348 g/mol. The Morgan fingerprint density at radius 2 is 1.96 bits per heavy atom. The molecular formula is C14H16N6O3S. The van der Waals surface area contributed by atoms with Gasteiger partial charge >= 0.3 is 0 Å². The molecule has 1 aromatic carbocycles. The third kappa shape index (κ3) is 3.77. The number of nitrogens with two attached hydrogens (primary N) is 2. The zero-order valence-corrected chi connectivity index (χ0v) is 13.7. The molecule has 0 saturated carbocycles. The van der Waals surface area contributed by atoms with Gasteiger partial charge in [-0.15, -0.1) is 0 Å². The molecule has 1 aliphatic rings. The van der Waals surface area contributed by atoms with Gasteiger partial charge in [0.1, 0.15) is 0 Å². The molecule has 0 fully saturated rings. The van der Waals surface area contributed by atoms with Gasteiger partial charge < -0.3 is 26.3 Å². The number of carbonyl (C=O) groups excluding carboxylic acids is 1. The van der Waals surface area contributed by atoms with Crippen LogP contribution in [0.25, 0.3) is 0 Å². The maximum absolute atomic E-state index is 12.1. The first kappa shape index (κ1) is 16.1. The average Bonchev–Trinajstić information content (AvgIpc) is 2.99. The van der Waals surface area contributed by atoms with E-state index in [1.165, 1.54) is 0 Å². The Kier molecular flexibility index (Phi) is 4.56. The molecule has 1 aromatic heterocycles. The summed E-state index contributed by atoms with van der Waals surface area (Å²) in [4.78, 5) is 23.6. The van der Waals surface area contributed by atoms with Gasteiger partial charge in [-0.25, -0.2) is 0 Å². The fraction of sp³-hybridized carbons (Fsp3) is 0.286. The van der Waals surface area contributed by atoms with E-state index in [0.717, 1.165) is 17.3 Å². The molecule has 0 bridgehead atoms. The molecule has 10 heteroatoms. The average molecular weight is 348 g/mol. The van der Waals surface area contributed by atoms with Gasteiger partial charge in [0.2, 0.25) is 24.6 Å². The van der Waals surface area contributed by atoms with E-state index in [1.54, 1.807) is 0 Å². The summed E-state index contributed by atoms with van der Waals surface area (Å²) in [5.41, 5.74) is 11.9. The fourth-order valence-electron chi connectivity index (χ4n) is 2.13. The van der Waals surface area contributed by atoms with E-state index >= 15 is 0 Å². The molecule has 1 atom stereocenters. The number of ether oxygens (including phenoxy) is 2. The number of rotatable bonds is 5. The number of thioether (sulfide) groups is 1. The predicted molar refractivity (Wildman–Crippen MR) is 88.5 cm³/mol. The summed E-state index contributed by atoms with van der Waals surface area (Å²) in [6.07, 6.45) is 0. The summed E-state index contributed by atoms with van der Waals surface area (Å²) >= 11 is 1.14. The van der Waals surface area contributed by atoms with Crippen molar-refractivity contribution in [2.24, 2.45) is 0 Å². The van der Waals surface area contributed by atoms with Crippen LogP contribution in [0.3, 0.4) is 0 Å². The molecule has 0 saturated heterocycles. The highest BCUT2D eigenvalue weighted by atomic mass is 32.2. The number of nitrogen functional groups attached to an aromatic ring is 2. The number of hydrogen-bond acceptors (Lipinski definition) is 9. The number of amides is 1. The summed E-state index contributed by atoms with van der Waals surface area (Å²) in [6, 6.07) is 5.39. The Morgan fingerprint density at radius 3 is 2.71 bits per heavy atom. The molecule has 0 unspecified atom stereocenters. The summed E-state index contributed by atoms with van der Waals surface area (Å²) in [6.45, 7) is 2.10. The van der Waals surface area contributed by atoms with Crippen LogP contribution >= 0.6 is 11.8 Å². The molecule has 2 heterocycles. The fourth-order valence-corrected chi connectivity index (χ4v) is 2.79. The van der Waals surface area contributed by atoms with Crippen molar-refractivity contribution in [1.29, 1.82) is 0 Å². The zero-order valence-electron chi connectivity index (χ0n) is 12.9. The number of hydrogen-bond donors (Lipinski definition) is 3. The van der Waals surface area contributed by atoms with E-state index in [1.807, 2.05) is 25.1 Å². The van der Waals surface area contributed by atoms with Gasteiger partial charge in [-0.3, -0.25) is 4.79 Å². The number of anilines is 2. The van der Waals surface area contributed by atoms with Crippen LogP contribution in [0.1, 0.15) is 18.5 Å². The van der Waals surface area contributed by atoms with Crippen LogP contribution in [0.5, 0.6) is 11.5 Å². The Bertz CT molecular complexity index is 752. The summed E-state index contributed by atoms with van der Waals surface area (Å²) in [5.74, 6) is 1.41. The second kappa shape index (κ2) is 6.79. The van der Waals surface area contributed by atoms with Crippen molar-refractivity contribution >= 4 is 29.6 Å². The molecule has 0 radical (unpaired) electrons. The highest BCUT2D eigenvalue weighted by molar-refractivity contribution is 7.99. The molecule has 0 aliphatic carbocycles.